The van der Waals surface area contributed by atoms with Gasteiger partial charge in [-0.05, 0) is 54.8 Å². The highest BCUT2D eigenvalue weighted by molar-refractivity contribution is 5.87. The van der Waals surface area contributed by atoms with Crippen LogP contribution in [0.25, 0.3) is 22.1 Å². The molecule has 0 radical (unpaired) electrons. The standard InChI is InChI=1S/C25H22O4/c1-16-4-6-18(7-5-16)15-28-21-12-13-22-17(2)24(25(26)29-23(22)14-21)19-8-10-20(27-3)11-9-19/h4-14H,15H2,1-3H3. The zero-order valence-electron chi connectivity index (χ0n) is 16.7. The summed E-state index contributed by atoms with van der Waals surface area (Å²) in [4.78, 5) is 12.7. The monoisotopic (exact) mass is 386 g/mol. The second-order valence-corrected chi connectivity index (χ2v) is 7.05. The van der Waals surface area contributed by atoms with Gasteiger partial charge in [0, 0.05) is 11.5 Å². The van der Waals surface area contributed by atoms with Crippen LogP contribution in [0.4, 0.5) is 0 Å². The number of aryl methyl sites for hydroxylation is 2. The Bertz CT molecular complexity index is 1200. The predicted octanol–water partition coefficient (Wildman–Crippen LogP) is 5.66. The lowest BCUT2D eigenvalue weighted by atomic mass is 9.99. The first-order valence-corrected chi connectivity index (χ1v) is 9.45. The summed E-state index contributed by atoms with van der Waals surface area (Å²) >= 11 is 0. The van der Waals surface area contributed by atoms with Crippen molar-refractivity contribution in [3.8, 4) is 22.6 Å². The van der Waals surface area contributed by atoms with Crippen LogP contribution >= 0.6 is 0 Å². The third kappa shape index (κ3) is 3.87. The van der Waals surface area contributed by atoms with Gasteiger partial charge in [-0.1, -0.05) is 42.0 Å². The average Bonchev–Trinajstić information content (AvgIpc) is 2.73. The van der Waals surface area contributed by atoms with Gasteiger partial charge in [0.2, 0.25) is 0 Å². The maximum Gasteiger partial charge on any atom is 0.344 e. The maximum absolute atomic E-state index is 12.7. The Morgan fingerprint density at radius 1 is 0.862 bits per heavy atom. The van der Waals surface area contributed by atoms with Crippen molar-refractivity contribution < 1.29 is 13.9 Å². The summed E-state index contributed by atoms with van der Waals surface area (Å²) in [6.07, 6.45) is 0. The zero-order chi connectivity index (χ0) is 20.4. The minimum Gasteiger partial charge on any atom is -0.497 e. The summed E-state index contributed by atoms with van der Waals surface area (Å²) in [6, 6.07) is 21.2. The van der Waals surface area contributed by atoms with Crippen molar-refractivity contribution in [2.45, 2.75) is 20.5 Å². The summed E-state index contributed by atoms with van der Waals surface area (Å²) in [6.45, 7) is 4.45. The van der Waals surface area contributed by atoms with E-state index in [1.54, 1.807) is 13.2 Å². The first-order valence-electron chi connectivity index (χ1n) is 9.45. The highest BCUT2D eigenvalue weighted by Crippen LogP contribution is 2.30. The average molecular weight is 386 g/mol. The third-order valence-electron chi connectivity index (χ3n) is 5.04. The fraction of sp³-hybridized carbons (Fsp3) is 0.160. The molecule has 4 aromatic rings. The number of benzene rings is 3. The highest BCUT2D eigenvalue weighted by Gasteiger charge is 2.14. The molecule has 0 saturated heterocycles. The molecular weight excluding hydrogens is 364 g/mol. The first kappa shape index (κ1) is 18.8. The second kappa shape index (κ2) is 7.84. The molecule has 4 rings (SSSR count). The number of fused-ring (bicyclic) bond motifs is 1. The summed E-state index contributed by atoms with van der Waals surface area (Å²) in [5, 5.41) is 0.887. The molecule has 4 nitrogen and oxygen atoms in total. The molecule has 0 atom stereocenters. The lowest BCUT2D eigenvalue weighted by Gasteiger charge is -2.11. The molecule has 0 saturated carbocycles. The number of methoxy groups -OCH3 is 1. The van der Waals surface area contributed by atoms with Gasteiger partial charge in [-0.2, -0.15) is 0 Å². The van der Waals surface area contributed by atoms with Gasteiger partial charge in [-0.15, -0.1) is 0 Å². The molecule has 4 heteroatoms. The van der Waals surface area contributed by atoms with Crippen LogP contribution in [0.5, 0.6) is 11.5 Å². The molecule has 146 valence electrons. The largest absolute Gasteiger partial charge is 0.497 e. The van der Waals surface area contributed by atoms with E-state index in [4.69, 9.17) is 13.9 Å². The number of hydrogen-bond acceptors (Lipinski definition) is 4. The summed E-state index contributed by atoms with van der Waals surface area (Å²) in [5.74, 6) is 1.41. The van der Waals surface area contributed by atoms with Crippen LogP contribution in [0, 0.1) is 13.8 Å². The van der Waals surface area contributed by atoms with Gasteiger partial charge in [-0.25, -0.2) is 4.79 Å². The molecule has 0 bridgehead atoms. The van der Waals surface area contributed by atoms with E-state index in [2.05, 4.69) is 19.1 Å². The molecule has 0 aliphatic rings. The number of ether oxygens (including phenoxy) is 2. The molecule has 0 unspecified atom stereocenters. The Labute approximate surface area is 169 Å². The number of rotatable bonds is 5. The van der Waals surface area contributed by atoms with Gasteiger partial charge in [0.1, 0.15) is 23.7 Å². The Hall–Kier alpha value is -3.53. The molecule has 3 aromatic carbocycles. The fourth-order valence-corrected chi connectivity index (χ4v) is 3.37. The Morgan fingerprint density at radius 3 is 2.24 bits per heavy atom. The predicted molar refractivity (Wildman–Crippen MR) is 115 cm³/mol. The van der Waals surface area contributed by atoms with Crippen LogP contribution in [-0.2, 0) is 6.61 Å². The van der Waals surface area contributed by atoms with E-state index in [1.165, 1.54) is 5.56 Å². The maximum atomic E-state index is 12.7. The molecule has 1 heterocycles. The number of hydrogen-bond donors (Lipinski definition) is 0. The van der Waals surface area contributed by atoms with E-state index >= 15 is 0 Å². The summed E-state index contributed by atoms with van der Waals surface area (Å²) < 4.78 is 16.7. The van der Waals surface area contributed by atoms with Crippen molar-refractivity contribution in [3.05, 3.63) is 93.8 Å². The first-order chi connectivity index (χ1) is 14.0. The van der Waals surface area contributed by atoms with E-state index in [-0.39, 0.29) is 5.63 Å². The van der Waals surface area contributed by atoms with Crippen LogP contribution in [0.1, 0.15) is 16.7 Å². The lowest BCUT2D eigenvalue weighted by molar-refractivity contribution is 0.306. The Balaban J connectivity index is 1.65. The van der Waals surface area contributed by atoms with Crippen molar-refractivity contribution in [2.24, 2.45) is 0 Å². The van der Waals surface area contributed by atoms with E-state index in [1.807, 2.05) is 55.5 Å². The quantitative estimate of drug-likeness (QED) is 0.415. The van der Waals surface area contributed by atoms with Gasteiger partial charge in [0.05, 0.1) is 12.7 Å². The zero-order valence-corrected chi connectivity index (χ0v) is 16.7. The molecule has 0 spiro atoms. The Kier molecular flexibility index (Phi) is 5.09. The smallest absolute Gasteiger partial charge is 0.344 e. The SMILES string of the molecule is COc1ccc(-c2c(C)c3ccc(OCc4ccc(C)cc4)cc3oc2=O)cc1. The van der Waals surface area contributed by atoms with Crippen molar-refractivity contribution >= 4 is 11.0 Å². The Morgan fingerprint density at radius 2 is 1.55 bits per heavy atom. The van der Waals surface area contributed by atoms with E-state index < -0.39 is 0 Å². The van der Waals surface area contributed by atoms with E-state index in [9.17, 15) is 4.79 Å². The molecule has 0 aliphatic carbocycles. The summed E-state index contributed by atoms with van der Waals surface area (Å²) in [7, 11) is 1.61. The second-order valence-electron chi connectivity index (χ2n) is 7.05. The molecule has 0 aliphatic heterocycles. The van der Waals surface area contributed by atoms with Crippen LogP contribution in [-0.4, -0.2) is 7.11 Å². The van der Waals surface area contributed by atoms with Crippen molar-refractivity contribution in [1.82, 2.24) is 0 Å². The fourth-order valence-electron chi connectivity index (χ4n) is 3.37. The highest BCUT2D eigenvalue weighted by atomic mass is 16.5. The van der Waals surface area contributed by atoms with Crippen molar-refractivity contribution in [1.29, 1.82) is 0 Å². The normalized spacial score (nSPS) is 10.9. The van der Waals surface area contributed by atoms with Crippen molar-refractivity contribution in [3.63, 3.8) is 0 Å². The molecule has 0 fully saturated rings. The van der Waals surface area contributed by atoms with Crippen LogP contribution in [0.3, 0.4) is 0 Å². The molecule has 1 aromatic heterocycles. The lowest BCUT2D eigenvalue weighted by Crippen LogP contribution is -2.06. The summed E-state index contributed by atoms with van der Waals surface area (Å²) in [5.41, 5.74) is 4.70. The van der Waals surface area contributed by atoms with E-state index in [0.29, 0.717) is 23.5 Å². The van der Waals surface area contributed by atoms with Gasteiger partial charge in [0.15, 0.2) is 0 Å². The minimum atomic E-state index is -0.365. The molecule has 29 heavy (non-hydrogen) atoms. The molecular formula is C25H22O4. The topological polar surface area (TPSA) is 48.7 Å². The van der Waals surface area contributed by atoms with Gasteiger partial charge in [-0.3, -0.25) is 0 Å². The van der Waals surface area contributed by atoms with Crippen LogP contribution in [0.15, 0.2) is 75.9 Å². The minimum absolute atomic E-state index is 0.365. The van der Waals surface area contributed by atoms with Crippen LogP contribution < -0.4 is 15.1 Å². The van der Waals surface area contributed by atoms with Gasteiger partial charge in [0.25, 0.3) is 0 Å². The van der Waals surface area contributed by atoms with E-state index in [0.717, 1.165) is 27.8 Å². The van der Waals surface area contributed by atoms with Gasteiger partial charge >= 0.3 is 5.63 Å². The molecule has 0 amide bonds. The van der Waals surface area contributed by atoms with Crippen molar-refractivity contribution in [2.75, 3.05) is 7.11 Å². The third-order valence-corrected chi connectivity index (χ3v) is 5.04. The molecule has 0 N–H and O–H groups in total. The van der Waals surface area contributed by atoms with Gasteiger partial charge < -0.3 is 13.9 Å². The van der Waals surface area contributed by atoms with Crippen LogP contribution in [0.2, 0.25) is 0 Å².